The van der Waals surface area contributed by atoms with Crippen LogP contribution in [0.5, 0.6) is 0 Å². The summed E-state index contributed by atoms with van der Waals surface area (Å²) in [4.78, 5) is 25.5. The molecule has 6 heteroatoms. The van der Waals surface area contributed by atoms with Crippen molar-refractivity contribution in [2.75, 3.05) is 11.9 Å². The fourth-order valence-electron chi connectivity index (χ4n) is 1.61. The monoisotopic (exact) mass is 379 g/mol. The van der Waals surface area contributed by atoms with Gasteiger partial charge in [-0.15, -0.1) is 0 Å². The van der Waals surface area contributed by atoms with E-state index in [0.717, 1.165) is 35.9 Å². The highest BCUT2D eigenvalue weighted by atomic mass is 79.9. The van der Waals surface area contributed by atoms with E-state index in [1.165, 1.54) is 0 Å². The first-order valence-corrected chi connectivity index (χ1v) is 8.88. The minimum atomic E-state index is -0.651. The third kappa shape index (κ3) is 10.9. The number of imide groups is 1. The Balaban J connectivity index is 4.69. The van der Waals surface area contributed by atoms with E-state index in [0.29, 0.717) is 6.54 Å². The molecule has 5 nitrogen and oxygen atoms in total. The van der Waals surface area contributed by atoms with Gasteiger partial charge in [-0.05, 0) is 54.4 Å². The van der Waals surface area contributed by atoms with Gasteiger partial charge in [0.2, 0.25) is 0 Å². The van der Waals surface area contributed by atoms with Crippen molar-refractivity contribution in [2.24, 2.45) is 0 Å². The van der Waals surface area contributed by atoms with Crippen LogP contribution in [-0.2, 0) is 9.47 Å². The van der Waals surface area contributed by atoms with Gasteiger partial charge in [0.15, 0.2) is 0 Å². The van der Waals surface area contributed by atoms with Gasteiger partial charge in [0.1, 0.15) is 11.2 Å². The zero-order valence-electron chi connectivity index (χ0n) is 14.7. The number of nitrogens with zero attached hydrogens (tertiary/aromatic N) is 1. The van der Waals surface area contributed by atoms with Crippen LogP contribution < -0.4 is 0 Å². The molecule has 0 aromatic carbocycles. The molecule has 0 bridgehead atoms. The van der Waals surface area contributed by atoms with Crippen LogP contribution in [-0.4, -0.2) is 40.2 Å². The molecule has 0 spiro atoms. The summed E-state index contributed by atoms with van der Waals surface area (Å²) in [7, 11) is 0. The average molecular weight is 380 g/mol. The van der Waals surface area contributed by atoms with Crippen LogP contribution in [0.4, 0.5) is 9.59 Å². The minimum Gasteiger partial charge on any atom is -0.443 e. The number of amides is 2. The Morgan fingerprint density at radius 2 is 1.23 bits per heavy atom. The molecule has 2 amide bonds. The number of carbonyl (C=O) groups excluding carboxylic acids is 2. The van der Waals surface area contributed by atoms with Gasteiger partial charge in [-0.2, -0.15) is 0 Å². The third-order valence-electron chi connectivity index (χ3n) is 2.49. The summed E-state index contributed by atoms with van der Waals surface area (Å²) in [5.74, 6) is 0. The molecule has 0 radical (unpaired) electrons. The van der Waals surface area contributed by atoms with E-state index in [9.17, 15) is 9.59 Å². The first-order valence-electron chi connectivity index (χ1n) is 7.76. The maximum absolute atomic E-state index is 12.2. The van der Waals surface area contributed by atoms with Gasteiger partial charge in [0.25, 0.3) is 0 Å². The second-order valence-electron chi connectivity index (χ2n) is 7.22. The van der Waals surface area contributed by atoms with Crippen molar-refractivity contribution in [3.05, 3.63) is 0 Å². The van der Waals surface area contributed by atoms with Gasteiger partial charge in [0, 0.05) is 11.9 Å². The van der Waals surface area contributed by atoms with Crippen molar-refractivity contribution in [2.45, 2.75) is 78.4 Å². The number of halogens is 1. The molecule has 0 aromatic rings. The molecule has 0 atom stereocenters. The van der Waals surface area contributed by atoms with Crippen LogP contribution in [0.3, 0.4) is 0 Å². The van der Waals surface area contributed by atoms with Gasteiger partial charge in [-0.25, -0.2) is 14.5 Å². The second-order valence-corrected chi connectivity index (χ2v) is 8.01. The maximum atomic E-state index is 12.2. The Morgan fingerprint density at radius 3 is 1.59 bits per heavy atom. The van der Waals surface area contributed by atoms with Crippen molar-refractivity contribution < 1.29 is 19.1 Å². The Kier molecular flexibility index (Phi) is 9.05. The molecule has 0 N–H and O–H groups in total. The molecule has 0 fully saturated rings. The van der Waals surface area contributed by atoms with Crippen molar-refractivity contribution in [3.8, 4) is 0 Å². The molecule has 0 saturated heterocycles. The lowest BCUT2D eigenvalue weighted by Gasteiger charge is -2.28. The zero-order valence-corrected chi connectivity index (χ0v) is 16.3. The van der Waals surface area contributed by atoms with Crippen molar-refractivity contribution in [1.29, 1.82) is 0 Å². The van der Waals surface area contributed by atoms with Crippen molar-refractivity contribution >= 4 is 28.1 Å². The molecule has 0 aliphatic heterocycles. The van der Waals surface area contributed by atoms with E-state index in [1.54, 1.807) is 41.5 Å². The summed E-state index contributed by atoms with van der Waals surface area (Å²) in [5, 5.41) is 0.967. The number of hydrogen-bond donors (Lipinski definition) is 0. The molecular formula is C16H30BrNO4. The van der Waals surface area contributed by atoms with E-state index >= 15 is 0 Å². The molecule has 130 valence electrons. The van der Waals surface area contributed by atoms with Crippen LogP contribution in [0.25, 0.3) is 0 Å². The molecule has 0 aromatic heterocycles. The van der Waals surface area contributed by atoms with E-state index in [-0.39, 0.29) is 0 Å². The molecule has 0 aliphatic rings. The highest BCUT2D eigenvalue weighted by Crippen LogP contribution is 2.15. The molecule has 0 saturated carbocycles. The second kappa shape index (κ2) is 9.38. The van der Waals surface area contributed by atoms with Gasteiger partial charge >= 0.3 is 12.2 Å². The molecular weight excluding hydrogens is 350 g/mol. The topological polar surface area (TPSA) is 55.8 Å². The number of rotatable bonds is 6. The Bertz CT molecular complexity index is 330. The maximum Gasteiger partial charge on any atom is 0.419 e. The third-order valence-corrected chi connectivity index (χ3v) is 3.05. The largest absolute Gasteiger partial charge is 0.443 e. The SMILES string of the molecule is CC(C)(C)OC(=O)N(CCCCCCBr)C(=O)OC(C)(C)C. The van der Waals surface area contributed by atoms with Crippen molar-refractivity contribution in [1.82, 2.24) is 4.90 Å². The minimum absolute atomic E-state index is 0.312. The summed E-state index contributed by atoms with van der Waals surface area (Å²) in [6.07, 6.45) is 2.53. The standard InChI is InChI=1S/C16H30BrNO4/c1-15(2,3)21-13(19)18(12-10-8-7-9-11-17)14(20)22-16(4,5)6/h7-12H2,1-6H3. The quantitative estimate of drug-likeness (QED) is 0.474. The zero-order chi connectivity index (χ0) is 17.4. The first-order chi connectivity index (χ1) is 9.96. The first kappa shape index (κ1) is 21.2. The predicted molar refractivity (Wildman–Crippen MR) is 91.4 cm³/mol. The number of carbonyl (C=O) groups is 2. The highest BCUT2D eigenvalue weighted by Gasteiger charge is 2.30. The fourth-order valence-corrected chi connectivity index (χ4v) is 2.01. The number of alkyl halides is 1. The lowest BCUT2D eigenvalue weighted by atomic mass is 10.2. The van der Waals surface area contributed by atoms with E-state index in [4.69, 9.17) is 9.47 Å². The van der Waals surface area contributed by atoms with Gasteiger partial charge in [-0.3, -0.25) is 0 Å². The van der Waals surface area contributed by atoms with Crippen LogP contribution in [0, 0.1) is 0 Å². The van der Waals surface area contributed by atoms with Gasteiger partial charge in [0.05, 0.1) is 0 Å². The lowest BCUT2D eigenvalue weighted by molar-refractivity contribution is 0.00119. The van der Waals surface area contributed by atoms with Crippen LogP contribution in [0.2, 0.25) is 0 Å². The number of hydrogen-bond acceptors (Lipinski definition) is 4. The van der Waals surface area contributed by atoms with E-state index in [2.05, 4.69) is 15.9 Å². The average Bonchev–Trinajstić information content (AvgIpc) is 2.28. The van der Waals surface area contributed by atoms with Crippen LogP contribution in [0.1, 0.15) is 67.2 Å². The summed E-state index contributed by atoms with van der Waals surface area (Å²) in [6.45, 7) is 10.9. The smallest absolute Gasteiger partial charge is 0.419 e. The summed E-state index contributed by atoms with van der Waals surface area (Å²) >= 11 is 3.38. The molecule has 0 heterocycles. The van der Waals surface area contributed by atoms with Crippen LogP contribution in [0.15, 0.2) is 0 Å². The van der Waals surface area contributed by atoms with E-state index < -0.39 is 23.4 Å². The van der Waals surface area contributed by atoms with Gasteiger partial charge < -0.3 is 9.47 Å². The number of unbranched alkanes of at least 4 members (excludes halogenated alkanes) is 3. The number of ether oxygens (including phenoxy) is 2. The molecule has 0 unspecified atom stereocenters. The van der Waals surface area contributed by atoms with Crippen molar-refractivity contribution in [3.63, 3.8) is 0 Å². The molecule has 0 aliphatic carbocycles. The summed E-state index contributed by atoms with van der Waals surface area (Å²) in [6, 6.07) is 0. The predicted octanol–water partition coefficient (Wildman–Crippen LogP) is 5.11. The molecule has 0 rings (SSSR count). The Hall–Kier alpha value is -0.780. The highest BCUT2D eigenvalue weighted by molar-refractivity contribution is 9.09. The Morgan fingerprint density at radius 1 is 0.818 bits per heavy atom. The van der Waals surface area contributed by atoms with E-state index in [1.807, 2.05) is 0 Å². The van der Waals surface area contributed by atoms with Crippen LogP contribution >= 0.6 is 15.9 Å². The summed E-state index contributed by atoms with van der Waals surface area (Å²) in [5.41, 5.74) is -1.29. The summed E-state index contributed by atoms with van der Waals surface area (Å²) < 4.78 is 10.6. The Labute approximate surface area is 142 Å². The lowest BCUT2D eigenvalue weighted by Crippen LogP contribution is -2.44. The normalized spacial score (nSPS) is 12.0. The van der Waals surface area contributed by atoms with Gasteiger partial charge in [-0.1, -0.05) is 28.8 Å². The fraction of sp³-hybridized carbons (Fsp3) is 0.875. The molecule has 22 heavy (non-hydrogen) atoms.